The zero-order chi connectivity index (χ0) is 16.4. The van der Waals surface area contributed by atoms with Crippen LogP contribution in [0, 0.1) is 5.92 Å². The SMILES string of the molecule is O=C(NCc1cc(-c2ccncc2)n(C2CCCC2)n1)C1CCC1. The number of carbonyl (C=O) groups is 1. The minimum absolute atomic E-state index is 0.183. The van der Waals surface area contributed by atoms with Gasteiger partial charge in [0.15, 0.2) is 0 Å². The van der Waals surface area contributed by atoms with Gasteiger partial charge in [-0.15, -0.1) is 0 Å². The number of amides is 1. The molecule has 2 aromatic rings. The largest absolute Gasteiger partial charge is 0.350 e. The summed E-state index contributed by atoms with van der Waals surface area (Å²) in [5.74, 6) is 0.406. The Morgan fingerprint density at radius 1 is 1.12 bits per heavy atom. The van der Waals surface area contributed by atoms with Gasteiger partial charge in [0.05, 0.1) is 24.0 Å². The van der Waals surface area contributed by atoms with Gasteiger partial charge in [-0.2, -0.15) is 5.10 Å². The van der Waals surface area contributed by atoms with Crippen LogP contribution in [0.1, 0.15) is 56.7 Å². The van der Waals surface area contributed by atoms with E-state index in [-0.39, 0.29) is 11.8 Å². The molecule has 1 N–H and O–H groups in total. The molecule has 2 aliphatic carbocycles. The van der Waals surface area contributed by atoms with Crippen molar-refractivity contribution >= 4 is 5.91 Å². The zero-order valence-electron chi connectivity index (χ0n) is 13.9. The molecule has 2 saturated carbocycles. The molecule has 5 nitrogen and oxygen atoms in total. The van der Waals surface area contributed by atoms with Crippen LogP contribution in [-0.4, -0.2) is 20.7 Å². The lowest BCUT2D eigenvalue weighted by atomic mass is 9.85. The number of carbonyl (C=O) groups excluding carboxylic acids is 1. The van der Waals surface area contributed by atoms with E-state index < -0.39 is 0 Å². The van der Waals surface area contributed by atoms with Crippen molar-refractivity contribution in [2.45, 2.75) is 57.5 Å². The minimum atomic E-state index is 0.183. The summed E-state index contributed by atoms with van der Waals surface area (Å²) in [6, 6.07) is 6.65. The first-order valence-electron chi connectivity index (χ1n) is 9.08. The van der Waals surface area contributed by atoms with Gasteiger partial charge in [0, 0.05) is 23.9 Å². The van der Waals surface area contributed by atoms with Gasteiger partial charge in [-0.05, 0) is 43.9 Å². The Morgan fingerprint density at radius 2 is 1.88 bits per heavy atom. The van der Waals surface area contributed by atoms with E-state index in [0.717, 1.165) is 29.8 Å². The van der Waals surface area contributed by atoms with Gasteiger partial charge in [0.2, 0.25) is 5.91 Å². The maximum atomic E-state index is 12.1. The van der Waals surface area contributed by atoms with Gasteiger partial charge in [-0.3, -0.25) is 14.5 Å². The van der Waals surface area contributed by atoms with Crippen LogP contribution in [0.5, 0.6) is 0 Å². The van der Waals surface area contributed by atoms with Crippen molar-refractivity contribution in [1.82, 2.24) is 20.1 Å². The first-order chi connectivity index (χ1) is 11.8. The molecule has 4 rings (SSSR count). The molecule has 126 valence electrons. The molecule has 0 saturated heterocycles. The van der Waals surface area contributed by atoms with Crippen LogP contribution in [0.15, 0.2) is 30.6 Å². The maximum Gasteiger partial charge on any atom is 0.223 e. The predicted molar refractivity (Wildman–Crippen MR) is 92.2 cm³/mol. The van der Waals surface area contributed by atoms with E-state index in [1.807, 2.05) is 24.5 Å². The highest BCUT2D eigenvalue weighted by Gasteiger charge is 2.26. The average molecular weight is 324 g/mol. The second kappa shape index (κ2) is 6.75. The van der Waals surface area contributed by atoms with E-state index >= 15 is 0 Å². The summed E-state index contributed by atoms with van der Waals surface area (Å²) >= 11 is 0. The summed E-state index contributed by atoms with van der Waals surface area (Å²) in [6.45, 7) is 0.521. The van der Waals surface area contributed by atoms with Crippen molar-refractivity contribution in [3.8, 4) is 11.3 Å². The first kappa shape index (κ1) is 15.4. The summed E-state index contributed by atoms with van der Waals surface area (Å²) in [4.78, 5) is 16.2. The van der Waals surface area contributed by atoms with Crippen LogP contribution in [-0.2, 0) is 11.3 Å². The third-order valence-corrected chi connectivity index (χ3v) is 5.35. The average Bonchev–Trinajstić information content (AvgIpc) is 3.21. The molecule has 0 radical (unpaired) electrons. The second-order valence-corrected chi connectivity index (χ2v) is 6.99. The molecule has 2 fully saturated rings. The highest BCUT2D eigenvalue weighted by Crippen LogP contribution is 2.33. The topological polar surface area (TPSA) is 59.8 Å². The van der Waals surface area contributed by atoms with Crippen molar-refractivity contribution in [3.05, 3.63) is 36.3 Å². The van der Waals surface area contributed by atoms with E-state index in [1.54, 1.807) is 0 Å². The summed E-state index contributed by atoms with van der Waals surface area (Å²) in [7, 11) is 0. The molecular weight excluding hydrogens is 300 g/mol. The van der Waals surface area contributed by atoms with Crippen molar-refractivity contribution in [2.75, 3.05) is 0 Å². The molecule has 0 spiro atoms. The number of aromatic nitrogens is 3. The van der Waals surface area contributed by atoms with Gasteiger partial charge in [-0.25, -0.2) is 0 Å². The van der Waals surface area contributed by atoms with E-state index in [9.17, 15) is 4.79 Å². The lowest BCUT2D eigenvalue weighted by Gasteiger charge is -2.23. The minimum Gasteiger partial charge on any atom is -0.350 e. The molecule has 0 aromatic carbocycles. The van der Waals surface area contributed by atoms with Gasteiger partial charge < -0.3 is 5.32 Å². The Kier molecular flexibility index (Phi) is 4.32. The fourth-order valence-electron chi connectivity index (χ4n) is 3.69. The van der Waals surface area contributed by atoms with Crippen molar-refractivity contribution in [2.24, 2.45) is 5.92 Å². The Labute approximate surface area is 142 Å². The smallest absolute Gasteiger partial charge is 0.223 e. The predicted octanol–water partition coefficient (Wildman–Crippen LogP) is 3.48. The van der Waals surface area contributed by atoms with E-state index in [2.05, 4.69) is 21.0 Å². The third kappa shape index (κ3) is 3.07. The highest BCUT2D eigenvalue weighted by molar-refractivity contribution is 5.79. The summed E-state index contributed by atoms with van der Waals surface area (Å²) in [6.07, 6.45) is 11.8. The van der Waals surface area contributed by atoms with E-state index in [1.165, 1.54) is 32.1 Å². The Hall–Kier alpha value is -2.17. The van der Waals surface area contributed by atoms with Crippen LogP contribution in [0.4, 0.5) is 0 Å². The number of hydrogen-bond donors (Lipinski definition) is 1. The molecule has 0 unspecified atom stereocenters. The summed E-state index contributed by atoms with van der Waals surface area (Å²) in [5.41, 5.74) is 3.22. The van der Waals surface area contributed by atoms with Gasteiger partial charge in [0.25, 0.3) is 0 Å². The molecule has 0 bridgehead atoms. The van der Waals surface area contributed by atoms with Gasteiger partial charge >= 0.3 is 0 Å². The molecule has 2 aliphatic rings. The lowest BCUT2D eigenvalue weighted by Crippen LogP contribution is -2.34. The molecule has 5 heteroatoms. The van der Waals surface area contributed by atoms with Crippen LogP contribution in [0.3, 0.4) is 0 Å². The number of rotatable bonds is 5. The standard InChI is InChI=1S/C19H24N4O/c24-19(15-4-3-5-15)21-13-16-12-18(14-8-10-20-11-9-14)23(22-16)17-6-1-2-7-17/h8-12,15,17H,1-7,13H2,(H,21,24). The van der Waals surface area contributed by atoms with Gasteiger partial charge in [0.1, 0.15) is 0 Å². The molecule has 1 amide bonds. The van der Waals surface area contributed by atoms with Crippen LogP contribution < -0.4 is 5.32 Å². The second-order valence-electron chi connectivity index (χ2n) is 6.99. The monoisotopic (exact) mass is 324 g/mol. The number of nitrogens with zero attached hydrogens (tertiary/aromatic N) is 3. The highest BCUT2D eigenvalue weighted by atomic mass is 16.1. The van der Waals surface area contributed by atoms with Gasteiger partial charge in [-0.1, -0.05) is 19.3 Å². The van der Waals surface area contributed by atoms with Crippen molar-refractivity contribution < 1.29 is 4.79 Å². The molecular formula is C19H24N4O. The van der Waals surface area contributed by atoms with Crippen molar-refractivity contribution in [1.29, 1.82) is 0 Å². The quantitative estimate of drug-likeness (QED) is 0.916. The number of hydrogen-bond acceptors (Lipinski definition) is 3. The number of nitrogens with one attached hydrogen (secondary N) is 1. The number of pyridine rings is 1. The Bertz CT molecular complexity index is 699. The third-order valence-electron chi connectivity index (χ3n) is 5.35. The van der Waals surface area contributed by atoms with Crippen LogP contribution in [0.25, 0.3) is 11.3 Å². The molecule has 0 atom stereocenters. The van der Waals surface area contributed by atoms with E-state index in [0.29, 0.717) is 12.6 Å². The fourth-order valence-corrected chi connectivity index (χ4v) is 3.69. The summed E-state index contributed by atoms with van der Waals surface area (Å²) < 4.78 is 2.17. The first-order valence-corrected chi connectivity index (χ1v) is 9.08. The lowest BCUT2D eigenvalue weighted by molar-refractivity contribution is -0.127. The van der Waals surface area contributed by atoms with Crippen molar-refractivity contribution in [3.63, 3.8) is 0 Å². The molecule has 24 heavy (non-hydrogen) atoms. The molecule has 0 aliphatic heterocycles. The zero-order valence-corrected chi connectivity index (χ0v) is 13.9. The molecule has 2 aromatic heterocycles. The van der Waals surface area contributed by atoms with Crippen LogP contribution in [0.2, 0.25) is 0 Å². The summed E-state index contributed by atoms with van der Waals surface area (Å²) in [5, 5.41) is 7.88. The maximum absolute atomic E-state index is 12.1. The normalized spacial score (nSPS) is 18.5. The molecule has 2 heterocycles. The van der Waals surface area contributed by atoms with Crippen LogP contribution >= 0.6 is 0 Å². The van der Waals surface area contributed by atoms with E-state index in [4.69, 9.17) is 5.10 Å². The fraction of sp³-hybridized carbons (Fsp3) is 0.526. The Morgan fingerprint density at radius 3 is 2.54 bits per heavy atom. The Balaban J connectivity index is 1.55.